The van der Waals surface area contributed by atoms with Crippen LogP contribution in [0, 0.1) is 0 Å². The van der Waals surface area contributed by atoms with Gasteiger partial charge in [0.2, 0.25) is 0 Å². The lowest BCUT2D eigenvalue weighted by Crippen LogP contribution is -2.37. The average Bonchev–Trinajstić information content (AvgIpc) is 2.91. The Morgan fingerprint density at radius 3 is 2.80 bits per heavy atom. The van der Waals surface area contributed by atoms with Crippen molar-refractivity contribution in [3.8, 4) is 5.75 Å². The zero-order valence-electron chi connectivity index (χ0n) is 11.3. The molecule has 0 amide bonds. The van der Waals surface area contributed by atoms with Crippen molar-refractivity contribution < 1.29 is 5.11 Å². The number of aliphatic imine (C=N–C) groups is 1. The van der Waals surface area contributed by atoms with Crippen LogP contribution in [0.25, 0.3) is 10.8 Å². The Morgan fingerprint density at radius 2 is 1.90 bits per heavy atom. The summed E-state index contributed by atoms with van der Waals surface area (Å²) in [6.45, 7) is 0. The third-order valence-corrected chi connectivity index (χ3v) is 4.50. The van der Waals surface area contributed by atoms with E-state index in [-0.39, 0.29) is 0 Å². The van der Waals surface area contributed by atoms with Crippen molar-refractivity contribution >= 4 is 16.6 Å². The summed E-state index contributed by atoms with van der Waals surface area (Å²) < 4.78 is 0. The quantitative estimate of drug-likeness (QED) is 0.832. The fourth-order valence-electron chi connectivity index (χ4n) is 3.41. The van der Waals surface area contributed by atoms with Crippen LogP contribution in [0.2, 0.25) is 0 Å². The largest absolute Gasteiger partial charge is 0.507 e. The normalized spacial score (nSPS) is 25.1. The van der Waals surface area contributed by atoms with E-state index in [9.17, 15) is 5.11 Å². The standard InChI is InChI=1S/C17H18N2O/c20-16-12-6-2-1-5-11(12)9-10-13(16)17-18-14-7-3-4-8-15(14)19-17/h1-2,5-6,9-10,14-15,20H,3-4,7-8H2,(H,18,19)/t14-,15-/m0/s1. The van der Waals surface area contributed by atoms with Gasteiger partial charge in [-0.1, -0.05) is 43.2 Å². The van der Waals surface area contributed by atoms with Gasteiger partial charge in [0, 0.05) is 11.4 Å². The highest BCUT2D eigenvalue weighted by Gasteiger charge is 2.32. The van der Waals surface area contributed by atoms with Gasteiger partial charge in [0.25, 0.3) is 0 Å². The summed E-state index contributed by atoms with van der Waals surface area (Å²) in [6, 6.07) is 12.8. The van der Waals surface area contributed by atoms with Gasteiger partial charge in [-0.25, -0.2) is 0 Å². The minimum atomic E-state index is 0.341. The first-order valence-electron chi connectivity index (χ1n) is 7.38. The topological polar surface area (TPSA) is 44.6 Å². The molecule has 1 saturated carbocycles. The molecule has 1 aliphatic carbocycles. The van der Waals surface area contributed by atoms with Crippen molar-refractivity contribution in [2.24, 2.45) is 4.99 Å². The van der Waals surface area contributed by atoms with Gasteiger partial charge in [0.1, 0.15) is 11.6 Å². The number of hydrogen-bond acceptors (Lipinski definition) is 3. The van der Waals surface area contributed by atoms with E-state index in [2.05, 4.69) is 11.4 Å². The molecule has 0 saturated heterocycles. The summed E-state index contributed by atoms with van der Waals surface area (Å²) in [5, 5.41) is 16.0. The number of fused-ring (bicyclic) bond motifs is 2. The molecule has 0 spiro atoms. The molecule has 102 valence electrons. The van der Waals surface area contributed by atoms with Crippen molar-refractivity contribution in [1.82, 2.24) is 5.32 Å². The number of phenolic OH excluding ortho intramolecular Hbond substituents is 1. The van der Waals surface area contributed by atoms with Gasteiger partial charge in [0.15, 0.2) is 0 Å². The second-order valence-electron chi connectivity index (χ2n) is 5.76. The van der Waals surface area contributed by atoms with E-state index in [1.807, 2.05) is 30.3 Å². The summed E-state index contributed by atoms with van der Waals surface area (Å²) in [5.74, 6) is 1.21. The summed E-state index contributed by atoms with van der Waals surface area (Å²) >= 11 is 0. The number of nitrogens with one attached hydrogen (secondary N) is 1. The molecule has 1 aliphatic heterocycles. The Balaban J connectivity index is 1.77. The zero-order valence-corrected chi connectivity index (χ0v) is 11.3. The Kier molecular flexibility index (Phi) is 2.66. The lowest BCUT2D eigenvalue weighted by atomic mass is 9.92. The molecule has 0 radical (unpaired) electrons. The smallest absolute Gasteiger partial charge is 0.134 e. The molecule has 1 heterocycles. The number of nitrogens with zero attached hydrogens (tertiary/aromatic N) is 1. The van der Waals surface area contributed by atoms with Gasteiger partial charge >= 0.3 is 0 Å². The summed E-state index contributed by atoms with van der Waals surface area (Å²) in [5.41, 5.74) is 0.832. The van der Waals surface area contributed by atoms with E-state index < -0.39 is 0 Å². The van der Waals surface area contributed by atoms with Crippen LogP contribution in [-0.4, -0.2) is 23.0 Å². The summed E-state index contributed by atoms with van der Waals surface area (Å²) in [6.07, 6.45) is 4.89. The lowest BCUT2D eigenvalue weighted by Gasteiger charge is -2.23. The number of phenols is 1. The van der Waals surface area contributed by atoms with Crippen LogP contribution >= 0.6 is 0 Å². The van der Waals surface area contributed by atoms with Crippen LogP contribution in [0.3, 0.4) is 0 Å². The molecule has 2 aromatic rings. The average molecular weight is 266 g/mol. The molecule has 2 aromatic carbocycles. The molecule has 1 fully saturated rings. The SMILES string of the molecule is Oc1c(C2=N[C@H]3CCCC[C@@H]3N2)ccc2ccccc12. The zero-order chi connectivity index (χ0) is 13.5. The summed E-state index contributed by atoms with van der Waals surface area (Å²) in [4.78, 5) is 4.79. The van der Waals surface area contributed by atoms with Crippen LogP contribution in [0.15, 0.2) is 41.4 Å². The van der Waals surface area contributed by atoms with Crippen LogP contribution in [0.1, 0.15) is 31.2 Å². The van der Waals surface area contributed by atoms with E-state index in [0.29, 0.717) is 17.8 Å². The van der Waals surface area contributed by atoms with E-state index in [1.54, 1.807) is 0 Å². The molecule has 20 heavy (non-hydrogen) atoms. The van der Waals surface area contributed by atoms with Gasteiger partial charge in [-0.15, -0.1) is 0 Å². The van der Waals surface area contributed by atoms with Crippen molar-refractivity contribution in [3.05, 3.63) is 42.0 Å². The molecule has 3 heteroatoms. The minimum absolute atomic E-state index is 0.341. The molecule has 2 aliphatic rings. The highest BCUT2D eigenvalue weighted by Crippen LogP contribution is 2.32. The molecule has 2 atom stereocenters. The van der Waals surface area contributed by atoms with Crippen molar-refractivity contribution in [2.45, 2.75) is 37.8 Å². The van der Waals surface area contributed by atoms with Gasteiger partial charge in [-0.05, 0) is 24.3 Å². The number of benzene rings is 2. The van der Waals surface area contributed by atoms with E-state index in [4.69, 9.17) is 4.99 Å². The van der Waals surface area contributed by atoms with Crippen LogP contribution in [-0.2, 0) is 0 Å². The Hall–Kier alpha value is -2.03. The maximum atomic E-state index is 10.5. The Labute approximate surface area is 118 Å². The highest BCUT2D eigenvalue weighted by molar-refractivity contribution is 6.07. The first-order chi connectivity index (χ1) is 9.83. The highest BCUT2D eigenvalue weighted by atomic mass is 16.3. The Bertz CT molecular complexity index is 692. The van der Waals surface area contributed by atoms with Crippen molar-refractivity contribution in [1.29, 1.82) is 0 Å². The number of hydrogen-bond donors (Lipinski definition) is 2. The molecule has 2 N–H and O–H groups in total. The van der Waals surface area contributed by atoms with E-state index >= 15 is 0 Å². The first kappa shape index (κ1) is 11.8. The van der Waals surface area contributed by atoms with Gasteiger partial charge in [-0.2, -0.15) is 0 Å². The van der Waals surface area contributed by atoms with Gasteiger partial charge < -0.3 is 10.4 Å². The molecule has 4 rings (SSSR count). The second-order valence-corrected chi connectivity index (χ2v) is 5.76. The third kappa shape index (κ3) is 1.77. The summed E-state index contributed by atoms with van der Waals surface area (Å²) in [7, 11) is 0. The van der Waals surface area contributed by atoms with E-state index in [1.165, 1.54) is 19.3 Å². The first-order valence-corrected chi connectivity index (χ1v) is 7.38. The van der Waals surface area contributed by atoms with Gasteiger partial charge in [0.05, 0.1) is 11.6 Å². The predicted octanol–water partition coefficient (Wildman–Crippen LogP) is 3.21. The van der Waals surface area contributed by atoms with Crippen molar-refractivity contribution in [2.75, 3.05) is 0 Å². The molecule has 0 unspecified atom stereocenters. The fourth-order valence-corrected chi connectivity index (χ4v) is 3.41. The predicted molar refractivity (Wildman–Crippen MR) is 81.3 cm³/mol. The maximum absolute atomic E-state index is 10.5. The number of rotatable bonds is 1. The number of aromatic hydroxyl groups is 1. The van der Waals surface area contributed by atoms with Crippen molar-refractivity contribution in [3.63, 3.8) is 0 Å². The van der Waals surface area contributed by atoms with Crippen LogP contribution in [0.4, 0.5) is 0 Å². The monoisotopic (exact) mass is 266 g/mol. The molecular weight excluding hydrogens is 248 g/mol. The van der Waals surface area contributed by atoms with E-state index in [0.717, 1.165) is 28.6 Å². The van der Waals surface area contributed by atoms with Crippen LogP contribution < -0.4 is 5.32 Å². The van der Waals surface area contributed by atoms with Gasteiger partial charge in [-0.3, -0.25) is 4.99 Å². The molecule has 3 nitrogen and oxygen atoms in total. The molecule has 0 bridgehead atoms. The third-order valence-electron chi connectivity index (χ3n) is 4.50. The Morgan fingerprint density at radius 1 is 1.05 bits per heavy atom. The van der Waals surface area contributed by atoms with Crippen LogP contribution in [0.5, 0.6) is 5.75 Å². The minimum Gasteiger partial charge on any atom is -0.507 e. The maximum Gasteiger partial charge on any atom is 0.134 e. The molecular formula is C17H18N2O. The molecule has 0 aromatic heterocycles. The lowest BCUT2D eigenvalue weighted by molar-refractivity contribution is 0.384. The second kappa shape index (κ2) is 4.51. The fraction of sp³-hybridized carbons (Fsp3) is 0.353. The number of amidine groups is 1.